The van der Waals surface area contributed by atoms with Gasteiger partial charge in [0.2, 0.25) is 11.8 Å². The SMILES string of the molecule is CCC(C)CN1C(=O)CNC(C)C1=O. The first kappa shape index (κ1) is 11.2. The molecule has 2 amide bonds. The molecule has 0 aliphatic carbocycles. The standard InChI is InChI=1S/C10H18N2O2/c1-4-7(2)6-12-9(13)5-11-8(3)10(12)14/h7-8,11H,4-6H2,1-3H3. The average molecular weight is 198 g/mol. The molecule has 4 heteroatoms. The van der Waals surface area contributed by atoms with Gasteiger partial charge in [0.25, 0.3) is 0 Å². The molecule has 1 saturated heterocycles. The van der Waals surface area contributed by atoms with Gasteiger partial charge in [0, 0.05) is 6.54 Å². The number of amides is 2. The topological polar surface area (TPSA) is 49.4 Å². The zero-order chi connectivity index (χ0) is 10.7. The van der Waals surface area contributed by atoms with Gasteiger partial charge in [-0.25, -0.2) is 0 Å². The summed E-state index contributed by atoms with van der Waals surface area (Å²) in [7, 11) is 0. The van der Waals surface area contributed by atoms with E-state index in [1.165, 1.54) is 4.90 Å². The van der Waals surface area contributed by atoms with E-state index in [0.29, 0.717) is 12.5 Å². The van der Waals surface area contributed by atoms with E-state index in [4.69, 9.17) is 0 Å². The predicted octanol–water partition coefficient (Wildman–Crippen LogP) is 0.379. The largest absolute Gasteiger partial charge is 0.298 e. The van der Waals surface area contributed by atoms with Crippen LogP contribution in [0.1, 0.15) is 27.2 Å². The molecule has 1 aliphatic rings. The van der Waals surface area contributed by atoms with Gasteiger partial charge in [-0.2, -0.15) is 0 Å². The third kappa shape index (κ3) is 2.32. The van der Waals surface area contributed by atoms with E-state index >= 15 is 0 Å². The summed E-state index contributed by atoms with van der Waals surface area (Å²) in [5.74, 6) is 0.183. The van der Waals surface area contributed by atoms with Crippen LogP contribution in [0, 0.1) is 5.92 Å². The van der Waals surface area contributed by atoms with E-state index in [-0.39, 0.29) is 24.4 Å². The summed E-state index contributed by atoms with van der Waals surface area (Å²) < 4.78 is 0. The molecule has 0 aromatic heterocycles. The van der Waals surface area contributed by atoms with E-state index in [1.807, 2.05) is 6.92 Å². The van der Waals surface area contributed by atoms with Crippen LogP contribution in [0.25, 0.3) is 0 Å². The summed E-state index contributed by atoms with van der Waals surface area (Å²) in [5.41, 5.74) is 0. The summed E-state index contributed by atoms with van der Waals surface area (Å²) in [6.45, 7) is 6.74. The lowest BCUT2D eigenvalue weighted by atomic mass is 10.1. The van der Waals surface area contributed by atoms with Crippen molar-refractivity contribution < 1.29 is 9.59 Å². The number of nitrogens with zero attached hydrogens (tertiary/aromatic N) is 1. The summed E-state index contributed by atoms with van der Waals surface area (Å²) in [6.07, 6.45) is 0.985. The highest BCUT2D eigenvalue weighted by Gasteiger charge is 2.31. The zero-order valence-corrected chi connectivity index (χ0v) is 9.04. The van der Waals surface area contributed by atoms with E-state index in [0.717, 1.165) is 6.42 Å². The number of hydrogen-bond donors (Lipinski definition) is 1. The lowest BCUT2D eigenvalue weighted by Gasteiger charge is -2.31. The number of rotatable bonds is 3. The fraction of sp³-hybridized carbons (Fsp3) is 0.800. The van der Waals surface area contributed by atoms with Crippen LogP contribution in [-0.2, 0) is 9.59 Å². The van der Waals surface area contributed by atoms with Crippen molar-refractivity contribution in [2.24, 2.45) is 5.92 Å². The van der Waals surface area contributed by atoms with Crippen molar-refractivity contribution in [1.29, 1.82) is 0 Å². The van der Waals surface area contributed by atoms with Gasteiger partial charge in [-0.05, 0) is 12.8 Å². The van der Waals surface area contributed by atoms with Gasteiger partial charge in [-0.1, -0.05) is 20.3 Å². The molecule has 2 unspecified atom stereocenters. The first-order chi connectivity index (χ1) is 6.56. The maximum Gasteiger partial charge on any atom is 0.246 e. The fourth-order valence-electron chi connectivity index (χ4n) is 1.41. The molecule has 0 radical (unpaired) electrons. The quantitative estimate of drug-likeness (QED) is 0.667. The molecule has 0 saturated carbocycles. The van der Waals surface area contributed by atoms with Crippen LogP contribution in [0.5, 0.6) is 0 Å². The first-order valence-electron chi connectivity index (χ1n) is 5.13. The van der Waals surface area contributed by atoms with Crippen molar-refractivity contribution in [2.75, 3.05) is 13.1 Å². The molecular formula is C10H18N2O2. The molecule has 0 spiro atoms. The van der Waals surface area contributed by atoms with Gasteiger partial charge in [0.1, 0.15) is 0 Å². The number of carbonyl (C=O) groups is 2. The second kappa shape index (κ2) is 4.55. The van der Waals surface area contributed by atoms with Crippen LogP contribution in [0.4, 0.5) is 0 Å². The van der Waals surface area contributed by atoms with Crippen molar-refractivity contribution in [1.82, 2.24) is 10.2 Å². The highest BCUT2D eigenvalue weighted by Crippen LogP contribution is 2.09. The van der Waals surface area contributed by atoms with Crippen LogP contribution < -0.4 is 5.32 Å². The van der Waals surface area contributed by atoms with E-state index < -0.39 is 0 Å². The number of nitrogens with one attached hydrogen (secondary N) is 1. The van der Waals surface area contributed by atoms with Crippen molar-refractivity contribution in [3.05, 3.63) is 0 Å². The monoisotopic (exact) mass is 198 g/mol. The van der Waals surface area contributed by atoms with Crippen molar-refractivity contribution in [3.63, 3.8) is 0 Å². The number of hydrogen-bond acceptors (Lipinski definition) is 3. The maximum atomic E-state index is 11.6. The second-order valence-electron chi connectivity index (χ2n) is 3.96. The Kier molecular flexibility index (Phi) is 3.63. The molecule has 2 atom stereocenters. The third-order valence-electron chi connectivity index (χ3n) is 2.69. The Morgan fingerprint density at radius 2 is 2.21 bits per heavy atom. The maximum absolute atomic E-state index is 11.6. The molecule has 4 nitrogen and oxygen atoms in total. The molecule has 1 rings (SSSR count). The van der Waals surface area contributed by atoms with Crippen molar-refractivity contribution in [3.8, 4) is 0 Å². The summed E-state index contributed by atoms with van der Waals surface area (Å²) in [6, 6.07) is -0.225. The minimum Gasteiger partial charge on any atom is -0.298 e. The Balaban J connectivity index is 2.63. The number of carbonyl (C=O) groups excluding carboxylic acids is 2. The average Bonchev–Trinajstić information content (AvgIpc) is 2.18. The lowest BCUT2D eigenvalue weighted by molar-refractivity contribution is -0.149. The molecule has 1 heterocycles. The van der Waals surface area contributed by atoms with Crippen molar-refractivity contribution >= 4 is 11.8 Å². The molecule has 0 aromatic rings. The lowest BCUT2D eigenvalue weighted by Crippen LogP contribution is -2.57. The summed E-state index contributed by atoms with van der Waals surface area (Å²) >= 11 is 0. The molecule has 1 aliphatic heterocycles. The molecule has 80 valence electrons. The molecule has 14 heavy (non-hydrogen) atoms. The molecule has 1 fully saturated rings. The third-order valence-corrected chi connectivity index (χ3v) is 2.69. The van der Waals surface area contributed by atoms with Gasteiger partial charge in [0.05, 0.1) is 12.6 Å². The van der Waals surface area contributed by atoms with E-state index in [9.17, 15) is 9.59 Å². The van der Waals surface area contributed by atoms with Gasteiger partial charge in [-0.3, -0.25) is 19.8 Å². The Bertz CT molecular complexity index is 240. The first-order valence-corrected chi connectivity index (χ1v) is 5.13. The van der Waals surface area contributed by atoms with Gasteiger partial charge >= 0.3 is 0 Å². The zero-order valence-electron chi connectivity index (χ0n) is 9.04. The van der Waals surface area contributed by atoms with Crippen LogP contribution in [0.2, 0.25) is 0 Å². The van der Waals surface area contributed by atoms with Crippen LogP contribution in [-0.4, -0.2) is 35.8 Å². The normalized spacial score (nSPS) is 25.4. The van der Waals surface area contributed by atoms with Gasteiger partial charge in [0.15, 0.2) is 0 Å². The van der Waals surface area contributed by atoms with Crippen LogP contribution in [0.15, 0.2) is 0 Å². The highest BCUT2D eigenvalue weighted by molar-refractivity contribution is 6.00. The van der Waals surface area contributed by atoms with Gasteiger partial charge < -0.3 is 0 Å². The minimum absolute atomic E-state index is 0.0958. The molecule has 0 aromatic carbocycles. The molecule has 0 bridgehead atoms. The van der Waals surface area contributed by atoms with E-state index in [1.54, 1.807) is 6.92 Å². The van der Waals surface area contributed by atoms with E-state index in [2.05, 4.69) is 12.2 Å². The summed E-state index contributed by atoms with van der Waals surface area (Å²) in [5, 5.41) is 2.86. The Hall–Kier alpha value is -0.900. The van der Waals surface area contributed by atoms with Crippen LogP contribution in [0.3, 0.4) is 0 Å². The Morgan fingerprint density at radius 1 is 1.57 bits per heavy atom. The number of piperazine rings is 1. The Labute approximate surface area is 84.7 Å². The predicted molar refractivity (Wildman–Crippen MR) is 53.6 cm³/mol. The van der Waals surface area contributed by atoms with Crippen LogP contribution >= 0.6 is 0 Å². The molecule has 1 N–H and O–H groups in total. The second-order valence-corrected chi connectivity index (χ2v) is 3.96. The molecular weight excluding hydrogens is 180 g/mol. The smallest absolute Gasteiger partial charge is 0.246 e. The summed E-state index contributed by atoms with van der Waals surface area (Å²) in [4.78, 5) is 24.5. The van der Waals surface area contributed by atoms with Crippen molar-refractivity contribution in [2.45, 2.75) is 33.2 Å². The fourth-order valence-corrected chi connectivity index (χ4v) is 1.41. The highest BCUT2D eigenvalue weighted by atomic mass is 16.2. The number of imide groups is 1. The Morgan fingerprint density at radius 3 is 2.79 bits per heavy atom. The van der Waals surface area contributed by atoms with Gasteiger partial charge in [-0.15, -0.1) is 0 Å². The minimum atomic E-state index is -0.225.